The Morgan fingerprint density at radius 3 is 2.34 bits per heavy atom. The lowest BCUT2D eigenvalue weighted by Crippen LogP contribution is -2.16. The van der Waals surface area contributed by atoms with E-state index < -0.39 is 0 Å². The summed E-state index contributed by atoms with van der Waals surface area (Å²) in [6.45, 7) is 3.08. The van der Waals surface area contributed by atoms with E-state index in [2.05, 4.69) is 17.6 Å². The molecule has 0 spiro atoms. The predicted molar refractivity (Wildman–Crippen MR) is 121 cm³/mol. The molecule has 4 N–H and O–H groups in total. The number of amides is 1. The molecule has 0 unspecified atom stereocenters. The van der Waals surface area contributed by atoms with Gasteiger partial charge in [-0.3, -0.25) is 4.79 Å². The van der Waals surface area contributed by atoms with Crippen molar-refractivity contribution >= 4 is 28.9 Å². The fourth-order valence-electron chi connectivity index (χ4n) is 2.62. The van der Waals surface area contributed by atoms with Crippen molar-refractivity contribution in [1.29, 1.82) is 0 Å². The maximum atomic E-state index is 12.6. The van der Waals surface area contributed by atoms with E-state index in [0.29, 0.717) is 12.1 Å². The zero-order valence-electron chi connectivity index (χ0n) is 16.9. The topological polar surface area (TPSA) is 76.4 Å². The van der Waals surface area contributed by atoms with Gasteiger partial charge in [0.1, 0.15) is 10.9 Å². The van der Waals surface area contributed by atoms with Gasteiger partial charge in [0.15, 0.2) is 0 Å². The van der Waals surface area contributed by atoms with Gasteiger partial charge in [0.25, 0.3) is 5.91 Å². The van der Waals surface area contributed by atoms with Crippen LogP contribution in [0.15, 0.2) is 71.4 Å². The van der Waals surface area contributed by atoms with Crippen LogP contribution in [0.4, 0.5) is 11.4 Å². The molecule has 0 heterocycles. The molecule has 2 aromatic rings. The molecule has 2 rings (SSSR count). The first-order valence-corrected chi connectivity index (χ1v) is 10.0. The van der Waals surface area contributed by atoms with Crippen LogP contribution < -0.4 is 21.1 Å². The van der Waals surface area contributed by atoms with Crippen LogP contribution in [0.3, 0.4) is 0 Å². The molecular formula is C23H28ClN3O2. The molecule has 0 bridgehead atoms. The van der Waals surface area contributed by atoms with Crippen LogP contribution >= 0.6 is 11.6 Å². The second-order valence-electron chi connectivity index (χ2n) is 6.53. The number of halogens is 1. The molecule has 0 saturated carbocycles. The highest BCUT2D eigenvalue weighted by Crippen LogP contribution is 2.17. The maximum Gasteiger partial charge on any atom is 0.258 e. The lowest BCUT2D eigenvalue weighted by Gasteiger charge is -2.09. The number of ether oxygens (including phenoxy) is 1. The molecule has 29 heavy (non-hydrogen) atoms. The van der Waals surface area contributed by atoms with Crippen LogP contribution in [0.25, 0.3) is 0 Å². The number of nitrogens with two attached hydrogens (primary N) is 1. The lowest BCUT2D eigenvalue weighted by atomic mass is 10.1. The quantitative estimate of drug-likeness (QED) is 0.220. The molecule has 0 radical (unpaired) electrons. The normalized spacial score (nSPS) is 11.8. The Morgan fingerprint density at radius 2 is 1.76 bits per heavy atom. The molecule has 154 valence electrons. The Bertz CT molecular complexity index is 839. The van der Waals surface area contributed by atoms with Crippen LogP contribution in [0.2, 0.25) is 0 Å². The molecule has 0 saturated heterocycles. The van der Waals surface area contributed by atoms with E-state index in [-0.39, 0.29) is 16.6 Å². The standard InChI is InChI=1S/C23H28ClN3O2/c1-3-4-16-26-18-10-12-19(13-11-18)27-23(28)21(22(24)25)7-5-6-17-8-14-20(29-2)15-9-17/h5,7-15,26H,3-4,6,16,25H2,1-2H3,(H,27,28)/b7-5-,22-21+. The number of benzene rings is 2. The monoisotopic (exact) mass is 413 g/mol. The smallest absolute Gasteiger partial charge is 0.258 e. The third kappa shape index (κ3) is 7.54. The first-order chi connectivity index (χ1) is 14.0. The number of hydrogen-bond acceptors (Lipinski definition) is 4. The summed E-state index contributed by atoms with van der Waals surface area (Å²) in [6.07, 6.45) is 6.39. The molecule has 1 amide bonds. The number of allylic oxidation sites excluding steroid dienone is 1. The van der Waals surface area contributed by atoms with Gasteiger partial charge in [-0.15, -0.1) is 0 Å². The van der Waals surface area contributed by atoms with E-state index in [1.807, 2.05) is 54.6 Å². The predicted octanol–water partition coefficient (Wildman–Crippen LogP) is 5.05. The van der Waals surface area contributed by atoms with E-state index in [1.54, 1.807) is 13.2 Å². The maximum absolute atomic E-state index is 12.6. The molecule has 6 heteroatoms. The number of carbonyl (C=O) groups excluding carboxylic acids is 1. The first kappa shape index (κ1) is 22.4. The van der Waals surface area contributed by atoms with Gasteiger partial charge in [-0.25, -0.2) is 0 Å². The number of hydrogen-bond donors (Lipinski definition) is 3. The van der Waals surface area contributed by atoms with E-state index in [4.69, 9.17) is 22.1 Å². The zero-order valence-corrected chi connectivity index (χ0v) is 17.6. The Balaban J connectivity index is 1.95. The summed E-state index contributed by atoms with van der Waals surface area (Å²) in [6, 6.07) is 15.3. The fourth-order valence-corrected chi connectivity index (χ4v) is 2.77. The van der Waals surface area contributed by atoms with E-state index >= 15 is 0 Å². The highest BCUT2D eigenvalue weighted by molar-refractivity contribution is 6.32. The summed E-state index contributed by atoms with van der Waals surface area (Å²) in [5.74, 6) is 0.449. The van der Waals surface area contributed by atoms with Crippen molar-refractivity contribution in [3.05, 3.63) is 77.0 Å². The van der Waals surface area contributed by atoms with Gasteiger partial charge in [0, 0.05) is 17.9 Å². The van der Waals surface area contributed by atoms with E-state index in [1.165, 1.54) is 0 Å². The van der Waals surface area contributed by atoms with Crippen molar-refractivity contribution in [3.63, 3.8) is 0 Å². The molecule has 5 nitrogen and oxygen atoms in total. The molecule has 0 atom stereocenters. The van der Waals surface area contributed by atoms with Gasteiger partial charge in [-0.2, -0.15) is 0 Å². The van der Waals surface area contributed by atoms with Crippen LogP contribution in [-0.2, 0) is 11.2 Å². The summed E-state index contributed by atoms with van der Waals surface area (Å²) in [5, 5.41) is 6.11. The van der Waals surface area contributed by atoms with Crippen molar-refractivity contribution in [1.82, 2.24) is 0 Å². The third-order valence-electron chi connectivity index (χ3n) is 4.30. The molecular weight excluding hydrogens is 386 g/mol. The van der Waals surface area contributed by atoms with Gasteiger partial charge in [-0.1, -0.05) is 49.2 Å². The summed E-state index contributed by atoms with van der Waals surface area (Å²) in [5.41, 5.74) is 8.71. The van der Waals surface area contributed by atoms with Crippen LogP contribution in [-0.4, -0.2) is 19.6 Å². The van der Waals surface area contributed by atoms with Gasteiger partial charge < -0.3 is 21.1 Å². The molecule has 0 aliphatic rings. The highest BCUT2D eigenvalue weighted by Gasteiger charge is 2.10. The summed E-state index contributed by atoms with van der Waals surface area (Å²) in [4.78, 5) is 12.6. The molecule has 0 fully saturated rings. The molecule has 0 aliphatic heterocycles. The van der Waals surface area contributed by atoms with Crippen molar-refractivity contribution in [2.75, 3.05) is 24.3 Å². The number of carbonyl (C=O) groups is 1. The van der Waals surface area contributed by atoms with E-state index in [9.17, 15) is 4.79 Å². The van der Waals surface area contributed by atoms with Crippen molar-refractivity contribution < 1.29 is 9.53 Å². The second-order valence-corrected chi connectivity index (χ2v) is 6.94. The van der Waals surface area contributed by atoms with Crippen LogP contribution in [0.1, 0.15) is 25.3 Å². The number of nitrogens with one attached hydrogen (secondary N) is 2. The highest BCUT2D eigenvalue weighted by atomic mass is 35.5. The SMILES string of the molecule is CCCCNc1ccc(NC(=O)C(/C=C\Cc2ccc(OC)cc2)=C(/N)Cl)cc1. The second kappa shape index (κ2) is 11.8. The lowest BCUT2D eigenvalue weighted by molar-refractivity contribution is -0.112. The molecule has 0 aromatic heterocycles. The Hall–Kier alpha value is -2.92. The van der Waals surface area contributed by atoms with Gasteiger partial charge in [0.05, 0.1) is 12.7 Å². The Labute approximate surface area is 177 Å². The van der Waals surface area contributed by atoms with Crippen LogP contribution in [0.5, 0.6) is 5.75 Å². The van der Waals surface area contributed by atoms with Crippen LogP contribution in [0, 0.1) is 0 Å². The summed E-state index contributed by atoms with van der Waals surface area (Å²) < 4.78 is 5.15. The average Bonchev–Trinajstić information content (AvgIpc) is 2.72. The van der Waals surface area contributed by atoms with Gasteiger partial charge in [0.2, 0.25) is 0 Å². The van der Waals surface area contributed by atoms with Gasteiger partial charge >= 0.3 is 0 Å². The number of anilines is 2. The summed E-state index contributed by atoms with van der Waals surface area (Å²) in [7, 11) is 1.63. The zero-order chi connectivity index (χ0) is 21.1. The minimum atomic E-state index is -0.352. The van der Waals surface area contributed by atoms with Crippen molar-refractivity contribution in [2.24, 2.45) is 5.73 Å². The Kier molecular flexibility index (Phi) is 9.12. The van der Waals surface area contributed by atoms with Crippen molar-refractivity contribution in [3.8, 4) is 5.75 Å². The first-order valence-electron chi connectivity index (χ1n) is 9.63. The Morgan fingerprint density at radius 1 is 1.10 bits per heavy atom. The van der Waals surface area contributed by atoms with Gasteiger partial charge in [-0.05, 0) is 54.8 Å². The number of methoxy groups -OCH3 is 1. The largest absolute Gasteiger partial charge is 0.497 e. The van der Waals surface area contributed by atoms with Crippen molar-refractivity contribution in [2.45, 2.75) is 26.2 Å². The minimum absolute atomic E-state index is 0.0497. The number of rotatable bonds is 10. The average molecular weight is 414 g/mol. The molecule has 0 aliphatic carbocycles. The molecule has 2 aromatic carbocycles. The minimum Gasteiger partial charge on any atom is -0.497 e. The number of unbranched alkanes of at least 4 members (excludes halogenated alkanes) is 1. The summed E-state index contributed by atoms with van der Waals surface area (Å²) >= 11 is 5.94. The third-order valence-corrected chi connectivity index (χ3v) is 4.50. The fraction of sp³-hybridized carbons (Fsp3) is 0.261. The van der Waals surface area contributed by atoms with E-state index in [0.717, 1.165) is 36.4 Å².